The first-order chi connectivity index (χ1) is 13.0. The highest BCUT2D eigenvalue weighted by Crippen LogP contribution is 2.34. The third-order valence-electron chi connectivity index (χ3n) is 4.47. The summed E-state index contributed by atoms with van der Waals surface area (Å²) in [5.74, 6) is 0. The van der Waals surface area contributed by atoms with E-state index in [1.165, 1.54) is 0 Å². The number of alkyl halides is 3. The highest BCUT2D eigenvalue weighted by molar-refractivity contribution is 7.15. The molecule has 27 heavy (non-hydrogen) atoms. The molecule has 0 aliphatic carbocycles. The Balaban J connectivity index is 1.38. The van der Waals surface area contributed by atoms with Gasteiger partial charge >= 0.3 is 6.18 Å². The largest absolute Gasteiger partial charge is 0.445 e. The molecule has 10 heteroatoms. The van der Waals surface area contributed by atoms with E-state index in [1.807, 2.05) is 41.4 Å². The Kier molecular flexibility index (Phi) is 4.83. The number of anilines is 1. The second-order valence-electron chi connectivity index (χ2n) is 6.29. The van der Waals surface area contributed by atoms with E-state index < -0.39 is 11.2 Å². The lowest BCUT2D eigenvalue weighted by molar-refractivity contribution is -0.138. The summed E-state index contributed by atoms with van der Waals surface area (Å²) < 4.78 is 38.1. The molecule has 0 atom stereocenters. The molecule has 142 valence electrons. The van der Waals surface area contributed by atoms with Crippen molar-refractivity contribution in [2.24, 2.45) is 0 Å². The average Bonchev–Trinajstić information content (AvgIpc) is 3.32. The second-order valence-corrected chi connectivity index (χ2v) is 7.24. The molecule has 1 aromatic carbocycles. The van der Waals surface area contributed by atoms with Crippen molar-refractivity contribution >= 4 is 16.5 Å². The van der Waals surface area contributed by atoms with Gasteiger partial charge in [0.05, 0.1) is 11.9 Å². The molecule has 0 radical (unpaired) electrons. The molecule has 2 aromatic heterocycles. The predicted octanol–water partition coefficient (Wildman–Crippen LogP) is 3.27. The van der Waals surface area contributed by atoms with Crippen LogP contribution in [0.25, 0.3) is 11.3 Å². The molecule has 6 nitrogen and oxygen atoms in total. The van der Waals surface area contributed by atoms with Crippen LogP contribution in [0.4, 0.5) is 18.3 Å². The normalized spacial score (nSPS) is 16.0. The fourth-order valence-corrected chi connectivity index (χ4v) is 3.85. The number of rotatable bonds is 4. The van der Waals surface area contributed by atoms with Gasteiger partial charge in [0.15, 0.2) is 0 Å². The average molecular weight is 394 g/mol. The van der Waals surface area contributed by atoms with Gasteiger partial charge in [-0.2, -0.15) is 18.3 Å². The van der Waals surface area contributed by atoms with Crippen LogP contribution in [0, 0.1) is 0 Å². The third kappa shape index (κ3) is 3.96. The highest BCUT2D eigenvalue weighted by Gasteiger charge is 2.36. The van der Waals surface area contributed by atoms with Crippen molar-refractivity contribution < 1.29 is 13.2 Å². The summed E-state index contributed by atoms with van der Waals surface area (Å²) >= 11 is 0.598. The summed E-state index contributed by atoms with van der Waals surface area (Å²) in [4.78, 5) is 4.12. The lowest BCUT2D eigenvalue weighted by Crippen LogP contribution is -2.46. The molecule has 0 unspecified atom stereocenters. The maximum Gasteiger partial charge on any atom is 0.445 e. The summed E-state index contributed by atoms with van der Waals surface area (Å²) in [5.41, 5.74) is 3.18. The summed E-state index contributed by atoms with van der Waals surface area (Å²) in [6.45, 7) is 3.44. The van der Waals surface area contributed by atoms with Gasteiger partial charge in [-0.15, -0.1) is 10.2 Å². The van der Waals surface area contributed by atoms with Crippen LogP contribution in [-0.2, 0) is 12.7 Å². The number of aromatic amines is 1. The smallest absolute Gasteiger partial charge is 0.344 e. The molecule has 0 saturated carbocycles. The van der Waals surface area contributed by atoms with Gasteiger partial charge < -0.3 is 4.90 Å². The van der Waals surface area contributed by atoms with E-state index >= 15 is 0 Å². The molecule has 1 aliphatic heterocycles. The van der Waals surface area contributed by atoms with Crippen LogP contribution in [-0.4, -0.2) is 51.5 Å². The first-order valence-electron chi connectivity index (χ1n) is 8.46. The number of H-pyrrole nitrogens is 1. The molecule has 1 saturated heterocycles. The maximum atomic E-state index is 12.7. The van der Waals surface area contributed by atoms with Gasteiger partial charge in [0.2, 0.25) is 10.1 Å². The van der Waals surface area contributed by atoms with Gasteiger partial charge in [0.1, 0.15) is 0 Å². The minimum absolute atomic E-state index is 0.329. The molecule has 1 fully saturated rings. The Morgan fingerprint density at radius 3 is 2.44 bits per heavy atom. The summed E-state index contributed by atoms with van der Waals surface area (Å²) in [6.07, 6.45) is -2.61. The first-order valence-corrected chi connectivity index (χ1v) is 9.28. The molecular weight excluding hydrogens is 377 g/mol. The van der Waals surface area contributed by atoms with Crippen molar-refractivity contribution in [1.82, 2.24) is 25.3 Å². The molecule has 0 bridgehead atoms. The molecule has 1 N–H and O–H groups in total. The van der Waals surface area contributed by atoms with Crippen LogP contribution in [0.1, 0.15) is 10.6 Å². The Morgan fingerprint density at radius 2 is 1.78 bits per heavy atom. The Hall–Kier alpha value is -2.46. The zero-order valence-electron chi connectivity index (χ0n) is 14.3. The van der Waals surface area contributed by atoms with Crippen LogP contribution < -0.4 is 4.90 Å². The summed E-state index contributed by atoms with van der Waals surface area (Å²) in [6, 6.07) is 9.99. The molecule has 4 rings (SSSR count). The molecule has 0 amide bonds. The summed E-state index contributed by atoms with van der Waals surface area (Å²) in [5, 5.41) is 13.6. The number of nitrogens with one attached hydrogen (secondary N) is 1. The van der Waals surface area contributed by atoms with E-state index in [0.29, 0.717) is 29.6 Å². The first kappa shape index (κ1) is 17.9. The maximum absolute atomic E-state index is 12.7. The van der Waals surface area contributed by atoms with Crippen LogP contribution in [0.3, 0.4) is 0 Å². The van der Waals surface area contributed by atoms with Gasteiger partial charge in [-0.3, -0.25) is 10.00 Å². The zero-order chi connectivity index (χ0) is 18.9. The molecule has 1 aliphatic rings. The SMILES string of the molecule is FC(F)(F)c1nnc(N2CCN(Cc3cn[nH]c3-c3ccccc3)CC2)s1. The highest BCUT2D eigenvalue weighted by atomic mass is 32.1. The number of nitrogens with zero attached hydrogens (tertiary/aromatic N) is 5. The Bertz CT molecular complexity index is 883. The fraction of sp³-hybridized carbons (Fsp3) is 0.353. The minimum Gasteiger partial charge on any atom is -0.344 e. The van der Waals surface area contributed by atoms with E-state index in [1.54, 1.807) is 0 Å². The lowest BCUT2D eigenvalue weighted by Gasteiger charge is -2.34. The molecule has 3 heterocycles. The standard InChI is InChI=1S/C17H17F3N6S/c18-17(19,20)15-23-24-16(27-15)26-8-6-25(7-9-26)11-13-10-21-22-14(13)12-4-2-1-3-5-12/h1-5,10H,6-9,11H2,(H,21,22). The zero-order valence-corrected chi connectivity index (χ0v) is 15.1. The van der Waals surface area contributed by atoms with Crippen molar-refractivity contribution in [3.05, 3.63) is 47.1 Å². The van der Waals surface area contributed by atoms with Crippen LogP contribution in [0.2, 0.25) is 0 Å². The number of hydrogen-bond donors (Lipinski definition) is 1. The van der Waals surface area contributed by atoms with Crippen LogP contribution in [0.5, 0.6) is 0 Å². The van der Waals surface area contributed by atoms with Crippen molar-refractivity contribution in [3.63, 3.8) is 0 Å². The number of aromatic nitrogens is 4. The fourth-order valence-electron chi connectivity index (χ4n) is 3.08. The number of halogens is 3. The van der Waals surface area contributed by atoms with Crippen molar-refractivity contribution in [2.45, 2.75) is 12.7 Å². The van der Waals surface area contributed by atoms with E-state index in [4.69, 9.17) is 0 Å². The number of hydrogen-bond acceptors (Lipinski definition) is 6. The topological polar surface area (TPSA) is 60.9 Å². The number of piperazine rings is 1. The number of benzene rings is 1. The van der Waals surface area contributed by atoms with Gasteiger partial charge in [-0.1, -0.05) is 41.7 Å². The minimum atomic E-state index is -4.44. The van der Waals surface area contributed by atoms with Crippen molar-refractivity contribution in [3.8, 4) is 11.3 Å². The van der Waals surface area contributed by atoms with Gasteiger partial charge in [0.25, 0.3) is 0 Å². The Morgan fingerprint density at radius 1 is 1.04 bits per heavy atom. The quantitative estimate of drug-likeness (QED) is 0.736. The molecule has 3 aromatic rings. The van der Waals surface area contributed by atoms with Crippen LogP contribution >= 0.6 is 11.3 Å². The van der Waals surface area contributed by atoms with Crippen LogP contribution in [0.15, 0.2) is 36.5 Å². The summed E-state index contributed by atoms with van der Waals surface area (Å²) in [7, 11) is 0. The third-order valence-corrected chi connectivity index (χ3v) is 5.50. The molecule has 0 spiro atoms. The van der Waals surface area contributed by atoms with E-state index in [-0.39, 0.29) is 0 Å². The van der Waals surface area contributed by atoms with Crippen molar-refractivity contribution in [1.29, 1.82) is 0 Å². The van der Waals surface area contributed by atoms with E-state index in [2.05, 4.69) is 25.3 Å². The van der Waals surface area contributed by atoms with E-state index in [9.17, 15) is 13.2 Å². The van der Waals surface area contributed by atoms with E-state index in [0.717, 1.165) is 36.5 Å². The predicted molar refractivity (Wildman–Crippen MR) is 96.4 cm³/mol. The van der Waals surface area contributed by atoms with Gasteiger partial charge in [0, 0.05) is 38.3 Å². The van der Waals surface area contributed by atoms with Gasteiger partial charge in [-0.25, -0.2) is 0 Å². The van der Waals surface area contributed by atoms with Crippen molar-refractivity contribution in [2.75, 3.05) is 31.1 Å². The monoisotopic (exact) mass is 394 g/mol. The second kappa shape index (κ2) is 7.28. The lowest BCUT2D eigenvalue weighted by atomic mass is 10.1. The Labute approximate surface area is 157 Å². The molecular formula is C17H17F3N6S. The van der Waals surface area contributed by atoms with Gasteiger partial charge in [-0.05, 0) is 5.56 Å².